The van der Waals surface area contributed by atoms with E-state index in [2.05, 4.69) is 17.1 Å². The fourth-order valence-corrected chi connectivity index (χ4v) is 1.17. The molecule has 0 unspecified atom stereocenters. The molecule has 92 valence electrons. The number of carboxylic acids is 2. The fourth-order valence-electron chi connectivity index (χ4n) is 1.17. The monoisotopic (exact) mass is 230 g/mol. The zero-order valence-electron chi connectivity index (χ0n) is 9.35. The molecule has 0 spiro atoms. The molecule has 1 aliphatic rings. The van der Waals surface area contributed by atoms with Gasteiger partial charge in [0, 0.05) is 38.3 Å². The summed E-state index contributed by atoms with van der Waals surface area (Å²) in [7, 11) is 0. The highest BCUT2D eigenvalue weighted by Gasteiger charge is 2.04. The highest BCUT2D eigenvalue weighted by molar-refractivity contribution is 5.89. The Morgan fingerprint density at radius 1 is 1.19 bits per heavy atom. The predicted octanol–water partition coefficient (Wildman–Crippen LogP) is -0.377. The first-order chi connectivity index (χ1) is 7.56. The first-order valence-electron chi connectivity index (χ1n) is 5.13. The molecule has 0 bridgehead atoms. The molecule has 0 saturated carbocycles. The van der Waals surface area contributed by atoms with E-state index >= 15 is 0 Å². The summed E-state index contributed by atoms with van der Waals surface area (Å²) < 4.78 is 0. The summed E-state index contributed by atoms with van der Waals surface area (Å²) in [6.07, 6.45) is 1.12. The summed E-state index contributed by atoms with van der Waals surface area (Å²) in [5, 5.41) is 18.9. The predicted molar refractivity (Wildman–Crippen MR) is 59.4 cm³/mol. The number of carboxylic acid groups (broad SMARTS) is 2. The SMILES string of the molecule is CCN1CCNCC1.O=C(O)C=CC(=O)O. The summed E-state index contributed by atoms with van der Waals surface area (Å²) in [4.78, 5) is 21.6. The third-order valence-electron chi connectivity index (χ3n) is 2.03. The lowest BCUT2D eigenvalue weighted by Crippen LogP contribution is -2.43. The minimum Gasteiger partial charge on any atom is -0.478 e. The summed E-state index contributed by atoms with van der Waals surface area (Å²) in [5.74, 6) is -2.51. The van der Waals surface area contributed by atoms with E-state index in [0.29, 0.717) is 12.2 Å². The van der Waals surface area contributed by atoms with Crippen LogP contribution in [-0.2, 0) is 9.59 Å². The normalized spacial score (nSPS) is 16.6. The van der Waals surface area contributed by atoms with Gasteiger partial charge >= 0.3 is 11.9 Å². The molecule has 1 saturated heterocycles. The summed E-state index contributed by atoms with van der Waals surface area (Å²) in [6.45, 7) is 8.24. The van der Waals surface area contributed by atoms with Crippen LogP contribution in [-0.4, -0.2) is 59.8 Å². The van der Waals surface area contributed by atoms with Gasteiger partial charge in [-0.15, -0.1) is 0 Å². The molecule has 0 radical (unpaired) electrons. The zero-order valence-corrected chi connectivity index (χ0v) is 9.35. The van der Waals surface area contributed by atoms with Gasteiger partial charge in [-0.05, 0) is 6.54 Å². The lowest BCUT2D eigenvalue weighted by atomic mass is 10.4. The zero-order chi connectivity index (χ0) is 12.4. The highest BCUT2D eigenvalue weighted by Crippen LogP contribution is 1.88. The maximum absolute atomic E-state index is 9.55. The Morgan fingerprint density at radius 2 is 1.62 bits per heavy atom. The molecule has 16 heavy (non-hydrogen) atoms. The molecule has 6 heteroatoms. The van der Waals surface area contributed by atoms with Crippen molar-refractivity contribution in [1.82, 2.24) is 10.2 Å². The van der Waals surface area contributed by atoms with Crippen molar-refractivity contribution in [2.24, 2.45) is 0 Å². The average molecular weight is 230 g/mol. The van der Waals surface area contributed by atoms with E-state index in [1.165, 1.54) is 32.7 Å². The molecule has 0 aromatic rings. The number of nitrogens with one attached hydrogen (secondary N) is 1. The number of rotatable bonds is 3. The van der Waals surface area contributed by atoms with Crippen molar-refractivity contribution in [2.75, 3.05) is 32.7 Å². The number of likely N-dealkylation sites (N-methyl/N-ethyl adjacent to an activating group) is 1. The van der Waals surface area contributed by atoms with E-state index in [4.69, 9.17) is 10.2 Å². The summed E-state index contributed by atoms with van der Waals surface area (Å²) >= 11 is 0. The Bertz CT molecular complexity index is 231. The second kappa shape index (κ2) is 8.87. The number of nitrogens with zero attached hydrogens (tertiary/aromatic N) is 1. The van der Waals surface area contributed by atoms with Crippen molar-refractivity contribution in [2.45, 2.75) is 6.92 Å². The van der Waals surface area contributed by atoms with Gasteiger partial charge in [0.1, 0.15) is 0 Å². The number of hydrogen-bond donors (Lipinski definition) is 3. The molecular weight excluding hydrogens is 212 g/mol. The van der Waals surface area contributed by atoms with Gasteiger partial charge in [0.25, 0.3) is 0 Å². The second-order valence-corrected chi connectivity index (χ2v) is 3.19. The molecule has 0 amide bonds. The number of piperazine rings is 1. The Labute approximate surface area is 94.6 Å². The van der Waals surface area contributed by atoms with Crippen molar-refractivity contribution in [1.29, 1.82) is 0 Å². The Kier molecular flexibility index (Phi) is 8.10. The molecule has 0 aromatic carbocycles. The van der Waals surface area contributed by atoms with Crippen LogP contribution in [0.2, 0.25) is 0 Å². The topological polar surface area (TPSA) is 89.9 Å². The van der Waals surface area contributed by atoms with Crippen LogP contribution in [0.3, 0.4) is 0 Å². The van der Waals surface area contributed by atoms with Gasteiger partial charge in [-0.1, -0.05) is 6.92 Å². The van der Waals surface area contributed by atoms with Gasteiger partial charge in [0.2, 0.25) is 0 Å². The molecule has 3 N–H and O–H groups in total. The van der Waals surface area contributed by atoms with Crippen molar-refractivity contribution >= 4 is 11.9 Å². The molecular formula is C10H18N2O4. The van der Waals surface area contributed by atoms with E-state index in [1.54, 1.807) is 0 Å². The molecule has 1 fully saturated rings. The van der Waals surface area contributed by atoms with E-state index in [-0.39, 0.29) is 0 Å². The van der Waals surface area contributed by atoms with Gasteiger partial charge in [-0.25, -0.2) is 9.59 Å². The van der Waals surface area contributed by atoms with Crippen LogP contribution < -0.4 is 5.32 Å². The Morgan fingerprint density at radius 3 is 1.88 bits per heavy atom. The van der Waals surface area contributed by atoms with Crippen LogP contribution in [0.15, 0.2) is 12.2 Å². The third kappa shape index (κ3) is 9.17. The van der Waals surface area contributed by atoms with E-state index in [1.807, 2.05) is 0 Å². The maximum Gasteiger partial charge on any atom is 0.328 e. The molecule has 1 aliphatic heterocycles. The highest BCUT2D eigenvalue weighted by atomic mass is 16.4. The van der Waals surface area contributed by atoms with Crippen LogP contribution in [0, 0.1) is 0 Å². The molecule has 0 aromatic heterocycles. The Hall–Kier alpha value is -1.40. The van der Waals surface area contributed by atoms with Gasteiger partial charge in [-0.3, -0.25) is 0 Å². The molecule has 1 rings (SSSR count). The van der Waals surface area contributed by atoms with Crippen molar-refractivity contribution in [3.63, 3.8) is 0 Å². The second-order valence-electron chi connectivity index (χ2n) is 3.19. The molecule has 1 heterocycles. The van der Waals surface area contributed by atoms with Crippen LogP contribution in [0.1, 0.15) is 6.92 Å². The smallest absolute Gasteiger partial charge is 0.328 e. The van der Waals surface area contributed by atoms with Crippen LogP contribution in [0.5, 0.6) is 0 Å². The third-order valence-corrected chi connectivity index (χ3v) is 2.03. The van der Waals surface area contributed by atoms with Crippen molar-refractivity contribution in [3.8, 4) is 0 Å². The van der Waals surface area contributed by atoms with Gasteiger partial charge < -0.3 is 20.4 Å². The minimum absolute atomic E-state index is 0.558. The van der Waals surface area contributed by atoms with Crippen molar-refractivity contribution in [3.05, 3.63) is 12.2 Å². The quantitative estimate of drug-likeness (QED) is 0.573. The average Bonchev–Trinajstić information content (AvgIpc) is 2.28. The maximum atomic E-state index is 9.55. The van der Waals surface area contributed by atoms with E-state index in [9.17, 15) is 9.59 Å². The standard InChI is InChI=1S/C6H14N2.C4H4O4/c1-2-8-5-3-7-4-6-8;5-3(6)1-2-4(7)8/h7H,2-6H2,1H3;1-2H,(H,5,6)(H,7,8). The number of hydrogen-bond acceptors (Lipinski definition) is 4. The van der Waals surface area contributed by atoms with Crippen LogP contribution >= 0.6 is 0 Å². The van der Waals surface area contributed by atoms with Crippen molar-refractivity contribution < 1.29 is 19.8 Å². The van der Waals surface area contributed by atoms with Gasteiger partial charge in [0.05, 0.1) is 0 Å². The first-order valence-corrected chi connectivity index (χ1v) is 5.13. The first kappa shape index (κ1) is 14.6. The van der Waals surface area contributed by atoms with Crippen LogP contribution in [0.4, 0.5) is 0 Å². The fraction of sp³-hybridized carbons (Fsp3) is 0.600. The van der Waals surface area contributed by atoms with Crippen LogP contribution in [0.25, 0.3) is 0 Å². The van der Waals surface area contributed by atoms with E-state index < -0.39 is 11.9 Å². The lowest BCUT2D eigenvalue weighted by molar-refractivity contribution is -0.134. The summed E-state index contributed by atoms with van der Waals surface area (Å²) in [5.41, 5.74) is 0. The largest absolute Gasteiger partial charge is 0.478 e. The van der Waals surface area contributed by atoms with E-state index in [0.717, 1.165) is 0 Å². The summed E-state index contributed by atoms with van der Waals surface area (Å²) in [6, 6.07) is 0. The number of carbonyl (C=O) groups is 2. The molecule has 0 atom stereocenters. The minimum atomic E-state index is -1.26. The van der Waals surface area contributed by atoms with Gasteiger partial charge in [-0.2, -0.15) is 0 Å². The van der Waals surface area contributed by atoms with Gasteiger partial charge in [0.15, 0.2) is 0 Å². The lowest BCUT2D eigenvalue weighted by Gasteiger charge is -2.25. The Balaban J connectivity index is 0.000000281. The molecule has 6 nitrogen and oxygen atoms in total. The molecule has 0 aliphatic carbocycles. The number of aliphatic carboxylic acids is 2.